The molecule has 9 heteroatoms. The summed E-state index contributed by atoms with van der Waals surface area (Å²) < 4.78 is 39.0. The maximum atomic E-state index is 13.4. The molecule has 0 amide bonds. The number of fused-ring (bicyclic) bond motifs is 1. The van der Waals surface area contributed by atoms with Gasteiger partial charge in [0.1, 0.15) is 11.0 Å². The van der Waals surface area contributed by atoms with E-state index in [2.05, 4.69) is 20.8 Å². The highest BCUT2D eigenvalue weighted by molar-refractivity contribution is 7.93. The van der Waals surface area contributed by atoms with E-state index in [4.69, 9.17) is 21.1 Å². The van der Waals surface area contributed by atoms with Crippen LogP contribution in [0.4, 0.5) is 5.69 Å². The minimum Gasteiger partial charge on any atom is -0.460 e. The number of anilines is 1. The van der Waals surface area contributed by atoms with Gasteiger partial charge >= 0.3 is 11.9 Å². The Kier molecular flexibility index (Phi) is 7.95. The van der Waals surface area contributed by atoms with Crippen molar-refractivity contribution in [3.63, 3.8) is 0 Å². The molecule has 0 spiro atoms. The van der Waals surface area contributed by atoms with Crippen LogP contribution in [-0.4, -0.2) is 39.6 Å². The molecule has 36 heavy (non-hydrogen) atoms. The van der Waals surface area contributed by atoms with Crippen molar-refractivity contribution >= 4 is 39.3 Å². The summed E-state index contributed by atoms with van der Waals surface area (Å²) in [7, 11) is -4.01. The minimum absolute atomic E-state index is 0.00138. The van der Waals surface area contributed by atoms with Crippen LogP contribution in [0.25, 0.3) is 0 Å². The molecule has 3 unspecified atom stereocenters. The number of halogens is 1. The van der Waals surface area contributed by atoms with E-state index >= 15 is 0 Å². The van der Waals surface area contributed by atoms with Crippen molar-refractivity contribution in [3.8, 4) is 0 Å². The maximum absolute atomic E-state index is 13.4. The lowest BCUT2D eigenvalue weighted by Gasteiger charge is -2.36. The van der Waals surface area contributed by atoms with E-state index in [1.54, 1.807) is 12.1 Å². The maximum Gasteiger partial charge on any atom is 0.344 e. The Balaban J connectivity index is 1.44. The van der Waals surface area contributed by atoms with Gasteiger partial charge in [-0.3, -0.25) is 4.31 Å². The predicted octanol–water partition coefficient (Wildman–Crippen LogP) is 5.25. The molecule has 2 aromatic rings. The first kappa shape index (κ1) is 26.5. The van der Waals surface area contributed by atoms with Crippen LogP contribution >= 0.6 is 11.6 Å². The second-order valence-corrected chi connectivity index (χ2v) is 12.3. The summed E-state index contributed by atoms with van der Waals surface area (Å²) in [5, 5.41) is 0.00138. The Morgan fingerprint density at radius 2 is 1.89 bits per heavy atom. The summed E-state index contributed by atoms with van der Waals surface area (Å²) in [5.41, 5.74) is 1.52. The van der Waals surface area contributed by atoms with Gasteiger partial charge in [-0.25, -0.2) is 18.0 Å². The second-order valence-electron chi connectivity index (χ2n) is 10.0. The normalized spacial score (nSPS) is 21.8. The molecule has 1 fully saturated rings. The van der Waals surface area contributed by atoms with Crippen molar-refractivity contribution in [2.24, 2.45) is 17.8 Å². The van der Waals surface area contributed by atoms with E-state index < -0.39 is 28.6 Å². The molecule has 1 aliphatic heterocycles. The third-order valence-corrected chi connectivity index (χ3v) is 9.44. The fourth-order valence-corrected chi connectivity index (χ4v) is 7.17. The number of carbonyl (C=O) groups excluding carboxylic acids is 2. The van der Waals surface area contributed by atoms with Crippen molar-refractivity contribution in [1.82, 2.24) is 0 Å². The van der Waals surface area contributed by atoms with Gasteiger partial charge in [0.25, 0.3) is 10.0 Å². The average Bonchev–Trinajstić information content (AvgIpc) is 3.28. The van der Waals surface area contributed by atoms with E-state index in [0.717, 1.165) is 24.8 Å². The lowest BCUT2D eigenvalue weighted by atomic mass is 9.75. The van der Waals surface area contributed by atoms with E-state index in [0.29, 0.717) is 23.9 Å². The fraction of sp³-hybridized carbons (Fsp3) is 0.481. The van der Waals surface area contributed by atoms with Crippen LogP contribution in [0.5, 0.6) is 0 Å². The van der Waals surface area contributed by atoms with Crippen molar-refractivity contribution in [2.45, 2.75) is 57.5 Å². The number of sulfonamides is 1. The van der Waals surface area contributed by atoms with Gasteiger partial charge < -0.3 is 9.47 Å². The Bertz CT molecular complexity index is 1240. The summed E-state index contributed by atoms with van der Waals surface area (Å²) in [6.07, 6.45) is 3.29. The zero-order valence-electron chi connectivity index (χ0n) is 20.8. The minimum atomic E-state index is -4.01. The molecule has 1 aliphatic carbocycles. The van der Waals surface area contributed by atoms with Crippen LogP contribution in [0, 0.1) is 17.8 Å². The monoisotopic (exact) mass is 533 g/mol. The largest absolute Gasteiger partial charge is 0.460 e. The number of rotatable bonds is 7. The molecule has 7 nitrogen and oxygen atoms in total. The van der Waals surface area contributed by atoms with Crippen LogP contribution in [0.1, 0.15) is 56.0 Å². The van der Waals surface area contributed by atoms with Crippen molar-refractivity contribution in [1.29, 1.82) is 0 Å². The van der Waals surface area contributed by atoms with E-state index in [1.807, 2.05) is 12.1 Å². The lowest BCUT2D eigenvalue weighted by Crippen LogP contribution is -2.36. The number of hydrogen-bond acceptors (Lipinski definition) is 6. The summed E-state index contributed by atoms with van der Waals surface area (Å²) in [6.45, 7) is 6.13. The van der Waals surface area contributed by atoms with Gasteiger partial charge in [0.05, 0.1) is 16.3 Å². The van der Waals surface area contributed by atoms with Crippen LogP contribution in [-0.2, 0) is 30.7 Å². The number of carbonyl (C=O) groups is 2. The molecular formula is C27H32ClNO6S. The molecule has 1 heterocycles. The van der Waals surface area contributed by atoms with Crippen molar-refractivity contribution in [2.75, 3.05) is 17.5 Å². The number of esters is 2. The first-order valence-corrected chi connectivity index (χ1v) is 14.2. The Labute approximate surface area is 217 Å². The van der Waals surface area contributed by atoms with Crippen molar-refractivity contribution in [3.05, 3.63) is 58.6 Å². The van der Waals surface area contributed by atoms with E-state index in [9.17, 15) is 18.0 Å². The number of para-hydroxylation sites is 1. The Morgan fingerprint density at radius 3 is 2.64 bits per heavy atom. The highest BCUT2D eigenvalue weighted by atomic mass is 35.5. The number of benzene rings is 2. The third-order valence-electron chi connectivity index (χ3n) is 7.14. The molecule has 194 valence electrons. The zero-order valence-corrected chi connectivity index (χ0v) is 22.3. The Hall–Kier alpha value is -2.58. The van der Waals surface area contributed by atoms with Gasteiger partial charge in [0.15, 0.2) is 6.61 Å². The lowest BCUT2D eigenvalue weighted by molar-refractivity contribution is -0.159. The average molecular weight is 534 g/mol. The molecule has 3 atom stereocenters. The highest BCUT2D eigenvalue weighted by Gasteiger charge is 2.34. The smallest absolute Gasteiger partial charge is 0.344 e. The Morgan fingerprint density at radius 1 is 1.14 bits per heavy atom. The number of hydrogen-bond donors (Lipinski definition) is 0. The number of nitrogens with zero attached hydrogens (tertiary/aromatic N) is 1. The van der Waals surface area contributed by atoms with Crippen molar-refractivity contribution < 1.29 is 27.5 Å². The van der Waals surface area contributed by atoms with E-state index in [1.165, 1.54) is 22.5 Å². The van der Waals surface area contributed by atoms with Crippen LogP contribution in [0.15, 0.2) is 47.4 Å². The molecule has 1 saturated carbocycles. The van der Waals surface area contributed by atoms with Crippen LogP contribution < -0.4 is 4.31 Å². The standard InChI is InChI=1S/C27H32ClNO6S/c1-17(2)21-10-8-18(3)14-24(21)35-26(30)16-34-27(31)20-9-11-22(28)25(15-20)36(32,33)29-13-12-19-6-4-5-7-23(19)29/h4-7,9,11,15,17-18,21,24H,8,10,12-14,16H2,1-3H3. The molecular weight excluding hydrogens is 502 g/mol. The van der Waals surface area contributed by atoms with Gasteiger partial charge in [-0.2, -0.15) is 0 Å². The predicted molar refractivity (Wildman–Crippen MR) is 138 cm³/mol. The molecule has 0 saturated heterocycles. The summed E-state index contributed by atoms with van der Waals surface area (Å²) in [4.78, 5) is 25.0. The molecule has 2 aromatic carbocycles. The summed E-state index contributed by atoms with van der Waals surface area (Å²) in [5.74, 6) is -0.296. The third kappa shape index (κ3) is 5.54. The zero-order chi connectivity index (χ0) is 26.0. The SMILES string of the molecule is CC1CCC(C(C)C)C(OC(=O)COC(=O)c2ccc(Cl)c(S(=O)(=O)N3CCc4ccccc43)c2)C1. The summed E-state index contributed by atoms with van der Waals surface area (Å²) in [6, 6.07) is 11.2. The first-order valence-electron chi connectivity index (χ1n) is 12.3. The molecule has 0 N–H and O–H groups in total. The van der Waals surface area contributed by atoms with Gasteiger partial charge in [-0.15, -0.1) is 0 Å². The molecule has 4 rings (SSSR count). The van der Waals surface area contributed by atoms with Gasteiger partial charge in [-0.05, 0) is 66.8 Å². The molecule has 2 aliphatic rings. The van der Waals surface area contributed by atoms with Gasteiger partial charge in [0, 0.05) is 6.54 Å². The quantitative estimate of drug-likeness (QED) is 0.451. The fourth-order valence-electron chi connectivity index (χ4n) is 5.17. The number of ether oxygens (including phenoxy) is 2. The van der Waals surface area contributed by atoms with Gasteiger partial charge in [0.2, 0.25) is 0 Å². The topological polar surface area (TPSA) is 90.0 Å². The van der Waals surface area contributed by atoms with Crippen LogP contribution in [0.2, 0.25) is 5.02 Å². The van der Waals surface area contributed by atoms with E-state index in [-0.39, 0.29) is 34.0 Å². The second kappa shape index (κ2) is 10.8. The molecule has 0 radical (unpaired) electrons. The first-order chi connectivity index (χ1) is 17.1. The highest BCUT2D eigenvalue weighted by Crippen LogP contribution is 2.36. The molecule has 0 bridgehead atoms. The van der Waals surface area contributed by atoms with Gasteiger partial charge in [-0.1, -0.05) is 57.0 Å². The molecule has 0 aromatic heterocycles. The van der Waals surface area contributed by atoms with Crippen LogP contribution in [0.3, 0.4) is 0 Å². The summed E-state index contributed by atoms with van der Waals surface area (Å²) >= 11 is 6.25.